The normalized spacial score (nSPS) is 10.8. The van der Waals surface area contributed by atoms with Gasteiger partial charge in [0.05, 0.1) is 27.4 Å². The highest BCUT2D eigenvalue weighted by Crippen LogP contribution is 2.37. The number of hydrogen-bond donors (Lipinski definition) is 1. The number of halogens is 1. The van der Waals surface area contributed by atoms with Crippen LogP contribution in [0.3, 0.4) is 0 Å². The third-order valence-corrected chi connectivity index (χ3v) is 5.25. The Morgan fingerprint density at radius 1 is 1.35 bits per heavy atom. The van der Waals surface area contributed by atoms with Crippen molar-refractivity contribution in [3.8, 4) is 5.69 Å². The minimum atomic E-state index is -1.48. The summed E-state index contributed by atoms with van der Waals surface area (Å²) in [6, 6.07) is 5.69. The molecule has 8 nitrogen and oxygen atoms in total. The van der Waals surface area contributed by atoms with Crippen molar-refractivity contribution < 1.29 is 19.4 Å². The van der Waals surface area contributed by atoms with E-state index in [9.17, 15) is 19.5 Å². The van der Waals surface area contributed by atoms with Crippen LogP contribution in [0, 0.1) is 0 Å². The molecule has 134 valence electrons. The van der Waals surface area contributed by atoms with Crippen molar-refractivity contribution in [3.63, 3.8) is 0 Å². The van der Waals surface area contributed by atoms with E-state index in [1.54, 1.807) is 6.92 Å². The van der Waals surface area contributed by atoms with Crippen LogP contribution in [-0.4, -0.2) is 28.3 Å². The summed E-state index contributed by atoms with van der Waals surface area (Å²) in [6.45, 7) is 1.74. The van der Waals surface area contributed by atoms with E-state index in [1.807, 2.05) is 0 Å². The second-order valence-electron chi connectivity index (χ2n) is 5.08. The number of fused-ring (bicyclic) bond motifs is 1. The van der Waals surface area contributed by atoms with Crippen molar-refractivity contribution in [1.82, 2.24) is 9.78 Å². The van der Waals surface area contributed by atoms with Crippen LogP contribution in [0.5, 0.6) is 0 Å². The fraction of sp³-hybridized carbons (Fsp3) is 0.125. The van der Waals surface area contributed by atoms with Gasteiger partial charge < -0.3 is 20.4 Å². The number of ether oxygens (including phenoxy) is 1. The Bertz CT molecular complexity index is 1110. The van der Waals surface area contributed by atoms with Crippen molar-refractivity contribution in [1.29, 1.82) is 0 Å². The molecule has 0 saturated heterocycles. The SMILES string of the molecule is CCOC(=O)c1nn(-c2ccccc2C(=O)[O-])c(=O)c2c(N)sc(Br)c12. The van der Waals surface area contributed by atoms with Gasteiger partial charge in [-0.05, 0) is 28.9 Å². The summed E-state index contributed by atoms with van der Waals surface area (Å²) in [7, 11) is 0. The number of aromatic carboxylic acids is 1. The summed E-state index contributed by atoms with van der Waals surface area (Å²) in [5.74, 6) is -2.23. The van der Waals surface area contributed by atoms with Gasteiger partial charge in [0.2, 0.25) is 0 Å². The zero-order valence-corrected chi connectivity index (χ0v) is 15.7. The fourth-order valence-electron chi connectivity index (χ4n) is 2.48. The molecule has 0 amide bonds. The van der Waals surface area contributed by atoms with Crippen LogP contribution in [0.2, 0.25) is 0 Å². The lowest BCUT2D eigenvalue weighted by Gasteiger charge is -2.13. The van der Waals surface area contributed by atoms with Crippen LogP contribution in [-0.2, 0) is 4.74 Å². The van der Waals surface area contributed by atoms with Crippen LogP contribution in [0.1, 0.15) is 27.8 Å². The number of anilines is 1. The number of rotatable bonds is 4. The molecule has 3 aromatic rings. The fourth-order valence-corrected chi connectivity index (χ4v) is 4.18. The van der Waals surface area contributed by atoms with E-state index in [-0.39, 0.29) is 39.3 Å². The molecule has 0 aliphatic rings. The maximum absolute atomic E-state index is 12.9. The van der Waals surface area contributed by atoms with Gasteiger partial charge in [-0.3, -0.25) is 4.79 Å². The molecule has 26 heavy (non-hydrogen) atoms. The van der Waals surface area contributed by atoms with Crippen molar-refractivity contribution >= 4 is 55.0 Å². The number of carboxylic acids is 1. The standard InChI is InChI=1S/C16H12BrN3O5S/c1-2-25-16(24)11-9-10(13(18)26-12(9)17)14(21)20(19-11)8-6-4-3-5-7(8)15(22)23/h3-6H,2,18H2,1H3,(H,22,23)/p-1. The van der Waals surface area contributed by atoms with Crippen LogP contribution < -0.4 is 16.4 Å². The Labute approximate surface area is 158 Å². The monoisotopic (exact) mass is 436 g/mol. The first kappa shape index (κ1) is 18.1. The number of hydrogen-bond acceptors (Lipinski definition) is 8. The van der Waals surface area contributed by atoms with Crippen molar-refractivity contribution in [2.45, 2.75) is 6.92 Å². The summed E-state index contributed by atoms with van der Waals surface area (Å²) in [6.07, 6.45) is 0. The number of nitrogens with zero attached hydrogens (tertiary/aromatic N) is 2. The molecule has 10 heteroatoms. The number of nitrogens with two attached hydrogens (primary N) is 1. The van der Waals surface area contributed by atoms with Crippen molar-refractivity contribution in [2.75, 3.05) is 12.3 Å². The minimum Gasteiger partial charge on any atom is -0.545 e. The van der Waals surface area contributed by atoms with Gasteiger partial charge in [-0.15, -0.1) is 11.3 Å². The lowest BCUT2D eigenvalue weighted by atomic mass is 10.1. The third kappa shape index (κ3) is 2.86. The quantitative estimate of drug-likeness (QED) is 0.610. The molecule has 0 unspecified atom stereocenters. The third-order valence-electron chi connectivity index (χ3n) is 3.56. The zero-order valence-electron chi connectivity index (χ0n) is 13.3. The predicted molar refractivity (Wildman–Crippen MR) is 97.6 cm³/mol. The Balaban J connectivity index is 2.44. The van der Waals surface area contributed by atoms with Gasteiger partial charge in [0.15, 0.2) is 5.69 Å². The number of para-hydroxylation sites is 1. The van der Waals surface area contributed by atoms with Gasteiger partial charge in [0.25, 0.3) is 5.56 Å². The van der Waals surface area contributed by atoms with E-state index in [2.05, 4.69) is 21.0 Å². The van der Waals surface area contributed by atoms with Crippen molar-refractivity contribution in [2.24, 2.45) is 0 Å². The van der Waals surface area contributed by atoms with Crippen LogP contribution in [0.15, 0.2) is 32.8 Å². The van der Waals surface area contributed by atoms with E-state index in [1.165, 1.54) is 24.3 Å². The van der Waals surface area contributed by atoms with Gasteiger partial charge >= 0.3 is 5.97 Å². The highest BCUT2D eigenvalue weighted by molar-refractivity contribution is 9.11. The number of benzene rings is 1. The predicted octanol–water partition coefficient (Wildman–Crippen LogP) is 1.33. The van der Waals surface area contributed by atoms with E-state index in [4.69, 9.17) is 10.5 Å². The van der Waals surface area contributed by atoms with Gasteiger partial charge in [-0.1, -0.05) is 18.2 Å². The maximum atomic E-state index is 12.9. The van der Waals surface area contributed by atoms with E-state index < -0.39 is 17.5 Å². The average molecular weight is 437 g/mol. The zero-order chi connectivity index (χ0) is 19.0. The first-order valence-corrected chi connectivity index (χ1v) is 8.96. The number of carbonyl (C=O) groups excluding carboxylic acids is 2. The smallest absolute Gasteiger partial charge is 0.359 e. The molecule has 0 fully saturated rings. The molecule has 0 atom stereocenters. The number of thiophene rings is 1. The van der Waals surface area contributed by atoms with Crippen LogP contribution >= 0.6 is 27.3 Å². The largest absolute Gasteiger partial charge is 0.545 e. The van der Waals surface area contributed by atoms with Gasteiger partial charge in [0, 0.05) is 10.9 Å². The molecule has 2 heterocycles. The van der Waals surface area contributed by atoms with Gasteiger partial charge in [-0.25, -0.2) is 4.79 Å². The summed E-state index contributed by atoms with van der Waals surface area (Å²) in [4.78, 5) is 36.6. The topological polar surface area (TPSA) is 127 Å². The van der Waals surface area contributed by atoms with Crippen LogP contribution in [0.4, 0.5) is 5.00 Å². The van der Waals surface area contributed by atoms with Gasteiger partial charge in [0.1, 0.15) is 5.00 Å². The van der Waals surface area contributed by atoms with Gasteiger partial charge in [-0.2, -0.15) is 9.78 Å². The highest BCUT2D eigenvalue weighted by atomic mass is 79.9. The Morgan fingerprint density at radius 2 is 2.04 bits per heavy atom. The van der Waals surface area contributed by atoms with E-state index in [0.29, 0.717) is 3.79 Å². The first-order chi connectivity index (χ1) is 12.4. The molecule has 0 aliphatic heterocycles. The Kier molecular flexibility index (Phi) is 4.79. The number of carbonyl (C=O) groups is 2. The second-order valence-corrected chi connectivity index (χ2v) is 7.45. The van der Waals surface area contributed by atoms with Crippen molar-refractivity contribution in [3.05, 3.63) is 49.7 Å². The molecule has 0 aliphatic carbocycles. The molecule has 2 N–H and O–H groups in total. The van der Waals surface area contributed by atoms with Crippen LogP contribution in [0.25, 0.3) is 16.5 Å². The molecule has 0 bridgehead atoms. The molecular formula is C16H11BrN3O5S-. The number of nitrogen functional groups attached to an aromatic ring is 1. The number of aromatic nitrogens is 2. The molecule has 0 spiro atoms. The lowest BCUT2D eigenvalue weighted by molar-refractivity contribution is -0.255. The van der Waals surface area contributed by atoms with E-state index >= 15 is 0 Å². The molecule has 0 radical (unpaired) electrons. The summed E-state index contributed by atoms with van der Waals surface area (Å²) in [5.41, 5.74) is 4.85. The summed E-state index contributed by atoms with van der Waals surface area (Å²) < 4.78 is 6.29. The second kappa shape index (κ2) is 6.89. The molecule has 3 rings (SSSR count). The maximum Gasteiger partial charge on any atom is 0.359 e. The minimum absolute atomic E-state index is 0.0355. The molecule has 1 aromatic carbocycles. The molecular weight excluding hydrogens is 426 g/mol. The number of carboxylic acid groups (broad SMARTS) is 1. The summed E-state index contributed by atoms with van der Waals surface area (Å²) >= 11 is 4.34. The molecule has 2 aromatic heterocycles. The summed E-state index contributed by atoms with van der Waals surface area (Å²) in [5, 5.41) is 15.9. The Morgan fingerprint density at radius 3 is 2.69 bits per heavy atom. The lowest BCUT2D eigenvalue weighted by Crippen LogP contribution is -2.29. The highest BCUT2D eigenvalue weighted by Gasteiger charge is 2.25. The van der Waals surface area contributed by atoms with E-state index in [0.717, 1.165) is 16.0 Å². The number of esters is 1. The Hall–Kier alpha value is -2.72. The average Bonchev–Trinajstić information content (AvgIpc) is 2.90. The molecule has 0 saturated carbocycles. The first-order valence-electron chi connectivity index (χ1n) is 7.35.